The normalized spacial score (nSPS) is 10.8. The molecule has 0 radical (unpaired) electrons. The predicted molar refractivity (Wildman–Crippen MR) is 137 cm³/mol. The van der Waals surface area contributed by atoms with Gasteiger partial charge >= 0.3 is 0 Å². The van der Waals surface area contributed by atoms with E-state index in [1.807, 2.05) is 37.6 Å². The number of hydrogen-bond acceptors (Lipinski definition) is 6. The maximum Gasteiger partial charge on any atom is 0.250 e. The van der Waals surface area contributed by atoms with Crippen LogP contribution in [-0.2, 0) is 7.05 Å². The largest absolute Gasteiger partial charge is 0.436 e. The minimum atomic E-state index is 0.363. The van der Waals surface area contributed by atoms with Crippen LogP contribution in [0, 0.1) is 32.1 Å². The van der Waals surface area contributed by atoms with E-state index in [2.05, 4.69) is 69.7 Å². The molecule has 0 saturated carbocycles. The summed E-state index contributed by atoms with van der Waals surface area (Å²) < 4.78 is 8.27. The Kier molecular flexibility index (Phi) is 5.63. The number of hydrogen-bond donors (Lipinski definition) is 1. The van der Waals surface area contributed by atoms with Crippen molar-refractivity contribution < 1.29 is 4.74 Å². The van der Waals surface area contributed by atoms with Gasteiger partial charge in [-0.25, -0.2) is 4.98 Å². The summed E-state index contributed by atoms with van der Waals surface area (Å²) in [4.78, 5) is 13.6. The molecule has 0 aliphatic carbocycles. The highest BCUT2D eigenvalue weighted by atomic mass is 16.5. The van der Waals surface area contributed by atoms with Crippen LogP contribution in [0.5, 0.6) is 11.6 Å². The van der Waals surface area contributed by atoms with Crippen molar-refractivity contribution in [2.24, 2.45) is 7.05 Å². The lowest BCUT2D eigenvalue weighted by Gasteiger charge is -2.15. The van der Waals surface area contributed by atoms with Crippen LogP contribution in [-0.4, -0.2) is 19.5 Å². The van der Waals surface area contributed by atoms with E-state index >= 15 is 0 Å². The van der Waals surface area contributed by atoms with Crippen molar-refractivity contribution >= 4 is 22.8 Å². The molecule has 0 bridgehead atoms. The van der Waals surface area contributed by atoms with E-state index in [-0.39, 0.29) is 0 Å². The predicted octanol–water partition coefficient (Wildman–Crippen LogP) is 6.36. The Morgan fingerprint density at radius 2 is 1.57 bits per heavy atom. The Morgan fingerprint density at radius 1 is 0.886 bits per heavy atom. The van der Waals surface area contributed by atoms with Crippen molar-refractivity contribution in [2.45, 2.75) is 20.8 Å². The lowest BCUT2D eigenvalue weighted by Crippen LogP contribution is -2.02. The zero-order valence-corrected chi connectivity index (χ0v) is 20.0. The third-order valence-corrected chi connectivity index (χ3v) is 5.85. The van der Waals surface area contributed by atoms with Gasteiger partial charge < -0.3 is 14.6 Å². The topological polar surface area (TPSA) is 88.7 Å². The van der Waals surface area contributed by atoms with E-state index in [9.17, 15) is 0 Å². The molecule has 0 aliphatic rings. The highest BCUT2D eigenvalue weighted by Gasteiger charge is 2.17. The van der Waals surface area contributed by atoms with Gasteiger partial charge in [0, 0.05) is 12.7 Å². The summed E-state index contributed by atoms with van der Waals surface area (Å²) in [6.45, 7) is 6.16. The number of aromatic nitrogens is 4. The summed E-state index contributed by atoms with van der Waals surface area (Å²) in [5.74, 6) is 1.54. The van der Waals surface area contributed by atoms with Gasteiger partial charge in [-0.05, 0) is 79.4 Å². The molecule has 0 fully saturated rings. The van der Waals surface area contributed by atoms with Gasteiger partial charge in [-0.3, -0.25) is 0 Å². The maximum atomic E-state index is 9.03. The number of anilines is 2. The number of nitriles is 1. The van der Waals surface area contributed by atoms with Crippen molar-refractivity contribution in [1.82, 2.24) is 19.5 Å². The Bertz CT molecular complexity index is 1550. The molecule has 3 aromatic carbocycles. The molecule has 0 aliphatic heterocycles. The van der Waals surface area contributed by atoms with Crippen molar-refractivity contribution in [2.75, 3.05) is 5.32 Å². The highest BCUT2D eigenvalue weighted by Crippen LogP contribution is 2.35. The molecule has 35 heavy (non-hydrogen) atoms. The van der Waals surface area contributed by atoms with Gasteiger partial charge in [-0.2, -0.15) is 15.2 Å². The third-order valence-electron chi connectivity index (χ3n) is 5.85. The van der Waals surface area contributed by atoms with Crippen molar-refractivity contribution in [1.29, 1.82) is 5.26 Å². The fraction of sp³-hybridized carbons (Fsp3) is 0.143. The fourth-order valence-corrected chi connectivity index (χ4v) is 4.03. The zero-order valence-electron chi connectivity index (χ0n) is 20.0. The lowest BCUT2D eigenvalue weighted by atomic mass is 9.99. The van der Waals surface area contributed by atoms with Crippen molar-refractivity contribution in [3.05, 3.63) is 89.2 Å². The molecule has 2 heterocycles. The quantitative estimate of drug-likeness (QED) is 0.328. The molecule has 5 aromatic rings. The van der Waals surface area contributed by atoms with Gasteiger partial charge in [-0.1, -0.05) is 29.8 Å². The standard InChI is InChI=1S/C28H24N6O/c1-17-5-9-21(10-6-17)22-13-18(2)25(19(3)14-22)35-27-24-26(30-16-34(24)4)32-28(33-27)31-23-11-7-20(15-29)8-12-23/h5-14,16H,1-4H3,(H,31,32,33). The molecular formula is C28H24N6O. The highest BCUT2D eigenvalue weighted by molar-refractivity contribution is 5.79. The van der Waals surface area contributed by atoms with Gasteiger partial charge in [0.05, 0.1) is 18.0 Å². The summed E-state index contributed by atoms with van der Waals surface area (Å²) in [6.07, 6.45) is 1.69. The second kappa shape index (κ2) is 8.92. The van der Waals surface area contributed by atoms with Gasteiger partial charge in [-0.15, -0.1) is 0 Å². The van der Waals surface area contributed by atoms with Gasteiger partial charge in [0.15, 0.2) is 11.2 Å². The Labute approximate surface area is 203 Å². The summed E-state index contributed by atoms with van der Waals surface area (Å²) in [5.41, 5.74) is 8.14. The van der Waals surface area contributed by atoms with Crippen LogP contribution in [0.3, 0.4) is 0 Å². The number of rotatable bonds is 5. The summed E-state index contributed by atoms with van der Waals surface area (Å²) >= 11 is 0. The maximum absolute atomic E-state index is 9.03. The number of aryl methyl sites for hydroxylation is 4. The SMILES string of the molecule is Cc1ccc(-c2cc(C)c(Oc3nc(Nc4ccc(C#N)cc4)nc4ncn(C)c34)c(C)c2)cc1. The Morgan fingerprint density at radius 3 is 2.23 bits per heavy atom. The molecule has 5 rings (SSSR count). The van der Waals surface area contributed by atoms with Crippen LogP contribution in [0.4, 0.5) is 11.6 Å². The number of nitrogens with zero attached hydrogens (tertiary/aromatic N) is 5. The number of fused-ring (bicyclic) bond motifs is 1. The summed E-state index contributed by atoms with van der Waals surface area (Å²) in [6, 6.07) is 22.0. The number of ether oxygens (including phenoxy) is 1. The zero-order chi connectivity index (χ0) is 24.5. The van der Waals surface area contributed by atoms with E-state index in [0.717, 1.165) is 28.1 Å². The Balaban J connectivity index is 1.52. The third kappa shape index (κ3) is 4.42. The molecule has 0 spiro atoms. The summed E-state index contributed by atoms with van der Waals surface area (Å²) in [5, 5.41) is 12.2. The number of nitrogens with one attached hydrogen (secondary N) is 1. The van der Waals surface area contributed by atoms with E-state index in [1.165, 1.54) is 11.1 Å². The molecule has 0 unspecified atom stereocenters. The van der Waals surface area contributed by atoms with Crippen LogP contribution in [0.15, 0.2) is 67.0 Å². The van der Waals surface area contributed by atoms with Crippen molar-refractivity contribution in [3.8, 4) is 28.8 Å². The first-order valence-corrected chi connectivity index (χ1v) is 11.2. The molecule has 0 saturated heterocycles. The minimum Gasteiger partial charge on any atom is -0.436 e. The molecule has 1 N–H and O–H groups in total. The summed E-state index contributed by atoms with van der Waals surface area (Å²) in [7, 11) is 1.89. The van der Waals surface area contributed by atoms with Crippen LogP contribution in [0.25, 0.3) is 22.3 Å². The monoisotopic (exact) mass is 460 g/mol. The smallest absolute Gasteiger partial charge is 0.250 e. The second-order valence-electron chi connectivity index (χ2n) is 8.60. The van der Waals surface area contributed by atoms with E-state index in [4.69, 9.17) is 10.00 Å². The molecule has 0 amide bonds. The number of imidazole rings is 1. The first-order chi connectivity index (χ1) is 16.9. The van der Waals surface area contributed by atoms with E-state index in [1.54, 1.807) is 18.5 Å². The molecule has 0 atom stereocenters. The van der Waals surface area contributed by atoms with E-state index < -0.39 is 0 Å². The van der Waals surface area contributed by atoms with Crippen LogP contribution >= 0.6 is 0 Å². The van der Waals surface area contributed by atoms with Gasteiger partial charge in [0.25, 0.3) is 5.88 Å². The molecule has 7 heteroatoms. The molecular weight excluding hydrogens is 436 g/mol. The van der Waals surface area contributed by atoms with Gasteiger partial charge in [0.1, 0.15) is 5.75 Å². The van der Waals surface area contributed by atoms with Crippen LogP contribution in [0.2, 0.25) is 0 Å². The lowest BCUT2D eigenvalue weighted by molar-refractivity contribution is 0.459. The fourth-order valence-electron chi connectivity index (χ4n) is 4.03. The number of benzene rings is 3. The molecule has 172 valence electrons. The van der Waals surface area contributed by atoms with Crippen LogP contribution < -0.4 is 10.1 Å². The van der Waals surface area contributed by atoms with Gasteiger partial charge in [0.2, 0.25) is 5.95 Å². The van der Waals surface area contributed by atoms with E-state index in [0.29, 0.717) is 28.6 Å². The Hall–Kier alpha value is -4.70. The molecule has 2 aromatic heterocycles. The van der Waals surface area contributed by atoms with Crippen molar-refractivity contribution in [3.63, 3.8) is 0 Å². The first kappa shape index (κ1) is 22.1. The second-order valence-corrected chi connectivity index (χ2v) is 8.60. The first-order valence-electron chi connectivity index (χ1n) is 11.2. The average molecular weight is 461 g/mol. The van der Waals surface area contributed by atoms with Crippen LogP contribution in [0.1, 0.15) is 22.3 Å². The minimum absolute atomic E-state index is 0.363. The average Bonchev–Trinajstić information content (AvgIpc) is 3.23. The molecule has 7 nitrogen and oxygen atoms in total.